The van der Waals surface area contributed by atoms with Crippen molar-refractivity contribution in [2.24, 2.45) is 5.41 Å². The number of amides is 1. The van der Waals surface area contributed by atoms with Crippen LogP contribution in [0.25, 0.3) is 0 Å². The first-order chi connectivity index (χ1) is 10.2. The number of aliphatic carboxylic acids is 1. The normalized spacial score (nSPS) is 22.5. The lowest BCUT2D eigenvalue weighted by Gasteiger charge is -2.33. The number of hydrogen-bond acceptors (Lipinski definition) is 3. The summed E-state index contributed by atoms with van der Waals surface area (Å²) in [7, 11) is 0. The van der Waals surface area contributed by atoms with E-state index in [0.29, 0.717) is 6.61 Å². The van der Waals surface area contributed by atoms with Crippen molar-refractivity contribution in [3.63, 3.8) is 0 Å². The van der Waals surface area contributed by atoms with Crippen LogP contribution in [0.4, 0.5) is 0 Å². The van der Waals surface area contributed by atoms with Crippen LogP contribution in [0.15, 0.2) is 24.3 Å². The Morgan fingerprint density at radius 1 is 1.32 bits per heavy atom. The van der Waals surface area contributed by atoms with Gasteiger partial charge >= 0.3 is 5.97 Å². The maximum Gasteiger partial charge on any atom is 0.311 e. The molecule has 1 amide bonds. The maximum atomic E-state index is 12.5. The van der Waals surface area contributed by atoms with Gasteiger partial charge in [-0.3, -0.25) is 9.59 Å². The molecule has 1 aromatic carbocycles. The van der Waals surface area contributed by atoms with Crippen molar-refractivity contribution in [1.82, 2.24) is 5.32 Å². The van der Waals surface area contributed by atoms with Crippen molar-refractivity contribution in [3.05, 3.63) is 35.4 Å². The molecule has 0 saturated heterocycles. The van der Waals surface area contributed by atoms with Crippen molar-refractivity contribution in [1.29, 1.82) is 0 Å². The lowest BCUT2D eigenvalue weighted by atomic mass is 9.85. The predicted molar refractivity (Wildman–Crippen MR) is 82.6 cm³/mol. The standard InChI is InChI=1S/C17H23NO4/c1-10-9-22-14(13-8-6-5-7-12(10)13)15(19)18-11(2)17(3,4)16(20)21/h5-8,10-11,14H,9H2,1-4H3,(H,18,19)(H,20,21). The summed E-state index contributed by atoms with van der Waals surface area (Å²) in [6.07, 6.45) is -0.681. The third kappa shape index (κ3) is 2.99. The summed E-state index contributed by atoms with van der Waals surface area (Å²) < 4.78 is 5.69. The molecule has 1 heterocycles. The van der Waals surface area contributed by atoms with Gasteiger partial charge in [-0.05, 0) is 31.9 Å². The Labute approximate surface area is 130 Å². The molecule has 0 aromatic heterocycles. The Hall–Kier alpha value is -1.88. The molecule has 1 aliphatic rings. The van der Waals surface area contributed by atoms with Crippen molar-refractivity contribution in [2.75, 3.05) is 6.61 Å². The van der Waals surface area contributed by atoms with E-state index in [-0.39, 0.29) is 11.8 Å². The summed E-state index contributed by atoms with van der Waals surface area (Å²) in [4.78, 5) is 23.8. The van der Waals surface area contributed by atoms with E-state index >= 15 is 0 Å². The van der Waals surface area contributed by atoms with Crippen LogP contribution < -0.4 is 5.32 Å². The van der Waals surface area contributed by atoms with Crippen LogP contribution in [-0.2, 0) is 14.3 Å². The Balaban J connectivity index is 2.18. The SMILES string of the molecule is CC1COC(C(=O)NC(C)C(C)(C)C(=O)O)c2ccccc21. The molecule has 0 bridgehead atoms. The minimum atomic E-state index is -1.04. The minimum absolute atomic E-state index is 0.244. The fraction of sp³-hybridized carbons (Fsp3) is 0.529. The summed E-state index contributed by atoms with van der Waals surface area (Å²) in [5.74, 6) is -0.992. The molecule has 3 atom stereocenters. The van der Waals surface area contributed by atoms with Gasteiger partial charge in [-0.1, -0.05) is 31.2 Å². The van der Waals surface area contributed by atoms with E-state index in [0.717, 1.165) is 11.1 Å². The molecule has 0 saturated carbocycles. The van der Waals surface area contributed by atoms with Crippen LogP contribution in [-0.4, -0.2) is 29.6 Å². The number of carbonyl (C=O) groups excluding carboxylic acids is 1. The number of carboxylic acid groups (broad SMARTS) is 1. The second-order valence-electron chi connectivity index (χ2n) is 6.50. The van der Waals surface area contributed by atoms with E-state index in [9.17, 15) is 14.7 Å². The maximum absolute atomic E-state index is 12.5. The van der Waals surface area contributed by atoms with Gasteiger partial charge in [0.15, 0.2) is 6.10 Å². The topological polar surface area (TPSA) is 75.6 Å². The Bertz CT molecular complexity index is 582. The highest BCUT2D eigenvalue weighted by Gasteiger charge is 2.37. The highest BCUT2D eigenvalue weighted by Crippen LogP contribution is 2.34. The highest BCUT2D eigenvalue weighted by atomic mass is 16.5. The quantitative estimate of drug-likeness (QED) is 0.896. The molecule has 5 heteroatoms. The first-order valence-electron chi connectivity index (χ1n) is 7.49. The first-order valence-corrected chi connectivity index (χ1v) is 7.49. The van der Waals surface area contributed by atoms with Crippen molar-refractivity contribution >= 4 is 11.9 Å². The average molecular weight is 305 g/mol. The molecular formula is C17H23NO4. The zero-order valence-corrected chi connectivity index (χ0v) is 13.4. The van der Waals surface area contributed by atoms with Gasteiger partial charge in [0.05, 0.1) is 12.0 Å². The van der Waals surface area contributed by atoms with Gasteiger partial charge in [-0.2, -0.15) is 0 Å². The van der Waals surface area contributed by atoms with Crippen LogP contribution in [0.3, 0.4) is 0 Å². The van der Waals surface area contributed by atoms with E-state index in [1.807, 2.05) is 24.3 Å². The molecule has 120 valence electrons. The molecule has 1 aromatic rings. The van der Waals surface area contributed by atoms with Gasteiger partial charge in [-0.25, -0.2) is 0 Å². The monoisotopic (exact) mass is 305 g/mol. The molecule has 22 heavy (non-hydrogen) atoms. The third-order valence-corrected chi connectivity index (χ3v) is 4.55. The first kappa shape index (κ1) is 16.5. The predicted octanol–water partition coefficient (Wildman–Crippen LogP) is 2.48. The van der Waals surface area contributed by atoms with Crippen molar-refractivity contribution in [3.8, 4) is 0 Å². The molecule has 0 fully saturated rings. The molecule has 0 aliphatic carbocycles. The summed E-state index contributed by atoms with van der Waals surface area (Å²) in [6.45, 7) is 7.42. The van der Waals surface area contributed by atoms with Gasteiger partial charge < -0.3 is 15.2 Å². The number of nitrogens with one attached hydrogen (secondary N) is 1. The Kier molecular flexibility index (Phi) is 4.56. The van der Waals surface area contributed by atoms with Crippen LogP contribution in [0.5, 0.6) is 0 Å². The molecule has 0 spiro atoms. The molecule has 2 N–H and O–H groups in total. The highest BCUT2D eigenvalue weighted by molar-refractivity contribution is 5.84. The van der Waals surface area contributed by atoms with Gasteiger partial charge in [0.1, 0.15) is 0 Å². The van der Waals surface area contributed by atoms with E-state index < -0.39 is 23.5 Å². The van der Waals surface area contributed by atoms with E-state index in [1.165, 1.54) is 0 Å². The van der Waals surface area contributed by atoms with E-state index in [4.69, 9.17) is 4.74 Å². The minimum Gasteiger partial charge on any atom is -0.481 e. The molecule has 0 radical (unpaired) electrons. The molecule has 2 rings (SSSR count). The number of rotatable bonds is 4. The molecular weight excluding hydrogens is 282 g/mol. The number of ether oxygens (including phenoxy) is 1. The zero-order chi connectivity index (χ0) is 16.5. The zero-order valence-electron chi connectivity index (χ0n) is 13.4. The van der Waals surface area contributed by atoms with Crippen LogP contribution in [0.2, 0.25) is 0 Å². The summed E-state index contributed by atoms with van der Waals surface area (Å²) in [5.41, 5.74) is 0.926. The van der Waals surface area contributed by atoms with Crippen molar-refractivity contribution < 1.29 is 19.4 Å². The average Bonchev–Trinajstić information content (AvgIpc) is 2.47. The molecule has 5 nitrogen and oxygen atoms in total. The second-order valence-corrected chi connectivity index (χ2v) is 6.50. The number of fused-ring (bicyclic) bond motifs is 1. The van der Waals surface area contributed by atoms with Gasteiger partial charge in [0, 0.05) is 12.0 Å². The van der Waals surface area contributed by atoms with Crippen molar-refractivity contribution in [2.45, 2.75) is 45.8 Å². The van der Waals surface area contributed by atoms with Crippen LogP contribution >= 0.6 is 0 Å². The second kappa shape index (κ2) is 6.08. The Morgan fingerprint density at radius 2 is 1.91 bits per heavy atom. The number of carboxylic acids is 1. The molecule has 1 aliphatic heterocycles. The van der Waals surface area contributed by atoms with Crippen LogP contribution in [0.1, 0.15) is 50.8 Å². The van der Waals surface area contributed by atoms with Crippen LogP contribution in [0, 0.1) is 5.41 Å². The number of hydrogen-bond donors (Lipinski definition) is 2. The number of benzene rings is 1. The number of carbonyl (C=O) groups is 2. The van der Waals surface area contributed by atoms with Gasteiger partial charge in [0.2, 0.25) is 0 Å². The molecule has 3 unspecified atom stereocenters. The third-order valence-electron chi connectivity index (χ3n) is 4.55. The summed E-state index contributed by atoms with van der Waals surface area (Å²) in [5, 5.41) is 12.0. The lowest BCUT2D eigenvalue weighted by molar-refractivity contribution is -0.149. The summed E-state index contributed by atoms with van der Waals surface area (Å²) in [6, 6.07) is 7.22. The Morgan fingerprint density at radius 3 is 2.50 bits per heavy atom. The lowest BCUT2D eigenvalue weighted by Crippen LogP contribution is -2.49. The fourth-order valence-corrected chi connectivity index (χ4v) is 2.49. The smallest absolute Gasteiger partial charge is 0.311 e. The van der Waals surface area contributed by atoms with Gasteiger partial charge in [0.25, 0.3) is 5.91 Å². The van der Waals surface area contributed by atoms with E-state index in [2.05, 4.69) is 12.2 Å². The van der Waals surface area contributed by atoms with Gasteiger partial charge in [-0.15, -0.1) is 0 Å². The summed E-state index contributed by atoms with van der Waals surface area (Å²) >= 11 is 0. The van der Waals surface area contributed by atoms with E-state index in [1.54, 1.807) is 20.8 Å². The largest absolute Gasteiger partial charge is 0.481 e. The fourth-order valence-electron chi connectivity index (χ4n) is 2.49.